The van der Waals surface area contributed by atoms with Crippen molar-refractivity contribution in [1.29, 1.82) is 0 Å². The monoisotopic (exact) mass is 466 g/mol. The number of carbonyl (C=O) groups excluding carboxylic acids is 2. The Hall–Kier alpha value is -4.19. The first-order chi connectivity index (χ1) is 17.0. The van der Waals surface area contributed by atoms with E-state index in [9.17, 15) is 9.59 Å². The summed E-state index contributed by atoms with van der Waals surface area (Å²) in [7, 11) is 0. The van der Waals surface area contributed by atoms with Crippen molar-refractivity contribution in [1.82, 2.24) is 20.4 Å². The highest BCUT2D eigenvalue weighted by atomic mass is 16.2. The van der Waals surface area contributed by atoms with Crippen LogP contribution in [0.2, 0.25) is 0 Å². The molecule has 4 aromatic rings. The van der Waals surface area contributed by atoms with Crippen molar-refractivity contribution in [3.05, 3.63) is 125 Å². The van der Waals surface area contributed by atoms with E-state index in [-0.39, 0.29) is 11.8 Å². The van der Waals surface area contributed by atoms with Gasteiger partial charge >= 0.3 is 0 Å². The second kappa shape index (κ2) is 11.3. The average molecular weight is 467 g/mol. The lowest BCUT2D eigenvalue weighted by Crippen LogP contribution is -2.47. The molecule has 0 spiro atoms. The van der Waals surface area contributed by atoms with Crippen molar-refractivity contribution in [2.45, 2.75) is 39.4 Å². The zero-order chi connectivity index (χ0) is 24.6. The molecule has 1 unspecified atom stereocenters. The number of nitrogens with one attached hydrogen (secondary N) is 2. The van der Waals surface area contributed by atoms with Crippen LogP contribution in [-0.2, 0) is 24.3 Å². The quantitative estimate of drug-likeness (QED) is 0.388. The van der Waals surface area contributed by atoms with Gasteiger partial charge in [-0.05, 0) is 48.7 Å². The minimum atomic E-state index is -0.692. The number of benzene rings is 3. The molecule has 2 N–H and O–H groups in total. The van der Waals surface area contributed by atoms with Gasteiger partial charge in [0.25, 0.3) is 5.91 Å². The van der Waals surface area contributed by atoms with E-state index >= 15 is 0 Å². The summed E-state index contributed by atoms with van der Waals surface area (Å²) >= 11 is 0. The summed E-state index contributed by atoms with van der Waals surface area (Å²) in [4.78, 5) is 25.9. The summed E-state index contributed by atoms with van der Waals surface area (Å²) in [5.41, 5.74) is 5.71. The number of aromatic nitrogens is 2. The maximum Gasteiger partial charge on any atom is 0.251 e. The van der Waals surface area contributed by atoms with E-state index in [2.05, 4.69) is 33.9 Å². The first-order valence-electron chi connectivity index (χ1n) is 11.7. The van der Waals surface area contributed by atoms with Crippen LogP contribution in [0.3, 0.4) is 0 Å². The highest BCUT2D eigenvalue weighted by Gasteiger charge is 2.22. The Bertz CT molecular complexity index is 1280. The van der Waals surface area contributed by atoms with Crippen LogP contribution in [0.25, 0.3) is 0 Å². The smallest absolute Gasteiger partial charge is 0.251 e. The number of carbonyl (C=O) groups is 2. The molecule has 1 atom stereocenters. The summed E-state index contributed by atoms with van der Waals surface area (Å²) in [6.07, 6.45) is 0.406. The second-order valence-electron chi connectivity index (χ2n) is 8.70. The minimum absolute atomic E-state index is 0.220. The second-order valence-corrected chi connectivity index (χ2v) is 8.70. The summed E-state index contributed by atoms with van der Waals surface area (Å²) < 4.78 is 1.97. The van der Waals surface area contributed by atoms with E-state index in [4.69, 9.17) is 0 Å². The Balaban J connectivity index is 1.43. The van der Waals surface area contributed by atoms with Gasteiger partial charge in [0.05, 0.1) is 12.2 Å². The Labute approximate surface area is 206 Å². The first-order valence-corrected chi connectivity index (χ1v) is 11.7. The Morgan fingerprint density at radius 3 is 2.17 bits per heavy atom. The molecule has 1 heterocycles. The van der Waals surface area contributed by atoms with Crippen LogP contribution in [0, 0.1) is 13.8 Å². The van der Waals surface area contributed by atoms with Crippen LogP contribution < -0.4 is 10.6 Å². The molecule has 0 saturated heterocycles. The largest absolute Gasteiger partial charge is 0.350 e. The maximum absolute atomic E-state index is 13.2. The standard InChI is InChI=1S/C29H30N4O2/c1-21-16-22(2)33(32-21)20-25-13-9-12-24(17-25)19-30-29(35)27(18-23-10-5-3-6-11-23)31-28(34)26-14-7-4-8-15-26/h3-17,27H,18-20H2,1-2H3,(H,30,35)(H,31,34). The van der Waals surface area contributed by atoms with Gasteiger partial charge in [0.2, 0.25) is 5.91 Å². The Morgan fingerprint density at radius 2 is 1.49 bits per heavy atom. The molecule has 178 valence electrons. The summed E-state index contributed by atoms with van der Waals surface area (Å²) in [5, 5.41) is 10.4. The van der Waals surface area contributed by atoms with Gasteiger partial charge in [-0.25, -0.2) is 0 Å². The zero-order valence-corrected chi connectivity index (χ0v) is 20.1. The number of hydrogen-bond donors (Lipinski definition) is 2. The van der Waals surface area contributed by atoms with Gasteiger partial charge in [-0.1, -0.05) is 72.8 Å². The van der Waals surface area contributed by atoms with E-state index in [0.717, 1.165) is 28.1 Å². The molecule has 0 aliphatic rings. The molecule has 0 aliphatic carbocycles. The molecule has 6 nitrogen and oxygen atoms in total. The maximum atomic E-state index is 13.2. The van der Waals surface area contributed by atoms with Crippen LogP contribution in [0.15, 0.2) is 91.0 Å². The van der Waals surface area contributed by atoms with Crippen molar-refractivity contribution < 1.29 is 9.59 Å². The SMILES string of the molecule is Cc1cc(C)n(Cc2cccc(CNC(=O)C(Cc3ccccc3)NC(=O)c3ccccc3)c2)n1. The van der Waals surface area contributed by atoms with Gasteiger partial charge < -0.3 is 10.6 Å². The Morgan fingerprint density at radius 1 is 0.829 bits per heavy atom. The normalized spacial score (nSPS) is 11.6. The van der Waals surface area contributed by atoms with Crippen molar-refractivity contribution in [3.63, 3.8) is 0 Å². The highest BCUT2D eigenvalue weighted by Crippen LogP contribution is 2.11. The molecule has 0 aliphatic heterocycles. The molecule has 0 fully saturated rings. The predicted molar refractivity (Wildman–Crippen MR) is 137 cm³/mol. The lowest BCUT2D eigenvalue weighted by atomic mass is 10.0. The summed E-state index contributed by atoms with van der Waals surface area (Å²) in [5.74, 6) is -0.490. The topological polar surface area (TPSA) is 76.0 Å². The lowest BCUT2D eigenvalue weighted by Gasteiger charge is -2.19. The third kappa shape index (κ3) is 6.67. The van der Waals surface area contributed by atoms with E-state index in [1.165, 1.54) is 0 Å². The molecular formula is C29H30N4O2. The lowest BCUT2D eigenvalue weighted by molar-refractivity contribution is -0.123. The number of hydrogen-bond acceptors (Lipinski definition) is 3. The third-order valence-electron chi connectivity index (χ3n) is 5.83. The molecule has 0 radical (unpaired) electrons. The van der Waals surface area contributed by atoms with E-state index < -0.39 is 6.04 Å². The van der Waals surface area contributed by atoms with E-state index in [1.807, 2.05) is 67.1 Å². The molecule has 3 aromatic carbocycles. The van der Waals surface area contributed by atoms with Crippen LogP contribution >= 0.6 is 0 Å². The third-order valence-corrected chi connectivity index (χ3v) is 5.83. The van der Waals surface area contributed by atoms with Gasteiger partial charge in [-0.2, -0.15) is 5.10 Å². The fourth-order valence-electron chi connectivity index (χ4n) is 4.05. The van der Waals surface area contributed by atoms with E-state index in [1.54, 1.807) is 24.3 Å². The van der Waals surface area contributed by atoms with Gasteiger partial charge in [0, 0.05) is 24.2 Å². The van der Waals surface area contributed by atoms with Gasteiger partial charge in [-0.3, -0.25) is 14.3 Å². The zero-order valence-electron chi connectivity index (χ0n) is 20.1. The highest BCUT2D eigenvalue weighted by molar-refractivity contribution is 5.97. The minimum Gasteiger partial charge on any atom is -0.350 e. The van der Waals surface area contributed by atoms with Crippen LogP contribution in [0.5, 0.6) is 0 Å². The number of rotatable bonds is 9. The van der Waals surface area contributed by atoms with Crippen LogP contribution in [-0.4, -0.2) is 27.6 Å². The van der Waals surface area contributed by atoms with Crippen molar-refractivity contribution in [2.24, 2.45) is 0 Å². The van der Waals surface area contributed by atoms with Crippen LogP contribution in [0.1, 0.15) is 38.4 Å². The molecular weight excluding hydrogens is 436 g/mol. The fraction of sp³-hybridized carbons (Fsp3) is 0.207. The van der Waals surface area contributed by atoms with Gasteiger partial charge in [0.1, 0.15) is 6.04 Å². The Kier molecular flexibility index (Phi) is 7.73. The van der Waals surface area contributed by atoms with Crippen molar-refractivity contribution >= 4 is 11.8 Å². The molecule has 4 rings (SSSR count). The fourth-order valence-corrected chi connectivity index (χ4v) is 4.05. The number of nitrogens with zero attached hydrogens (tertiary/aromatic N) is 2. The first kappa shape index (κ1) is 24.0. The molecule has 1 aromatic heterocycles. The summed E-state index contributed by atoms with van der Waals surface area (Å²) in [6.45, 7) is 5.07. The van der Waals surface area contributed by atoms with Crippen molar-refractivity contribution in [3.8, 4) is 0 Å². The molecule has 2 amide bonds. The number of aryl methyl sites for hydroxylation is 2. The van der Waals surface area contributed by atoms with Gasteiger partial charge in [0.15, 0.2) is 0 Å². The predicted octanol–water partition coefficient (Wildman–Crippen LogP) is 4.21. The molecule has 0 saturated carbocycles. The number of amides is 2. The van der Waals surface area contributed by atoms with Gasteiger partial charge in [-0.15, -0.1) is 0 Å². The summed E-state index contributed by atoms with van der Waals surface area (Å²) in [6, 6.07) is 28.1. The molecule has 35 heavy (non-hydrogen) atoms. The molecule has 6 heteroatoms. The van der Waals surface area contributed by atoms with Crippen molar-refractivity contribution in [2.75, 3.05) is 0 Å². The average Bonchev–Trinajstić information content (AvgIpc) is 3.19. The van der Waals surface area contributed by atoms with E-state index in [0.29, 0.717) is 25.1 Å². The molecule has 0 bridgehead atoms. The van der Waals surface area contributed by atoms with Crippen LogP contribution in [0.4, 0.5) is 0 Å².